The molecule has 0 saturated heterocycles. The highest BCUT2D eigenvalue weighted by Gasteiger charge is 2.16. The van der Waals surface area contributed by atoms with Crippen molar-refractivity contribution in [2.24, 2.45) is 0 Å². The van der Waals surface area contributed by atoms with E-state index >= 15 is 0 Å². The first kappa shape index (κ1) is 23.8. The van der Waals surface area contributed by atoms with Crippen molar-refractivity contribution >= 4 is 33.3 Å². The molecule has 0 atom stereocenters. The number of sulfonamides is 1. The minimum atomic E-state index is -3.77. The van der Waals surface area contributed by atoms with Crippen molar-refractivity contribution < 1.29 is 17.9 Å². The molecule has 0 amide bonds. The van der Waals surface area contributed by atoms with Gasteiger partial charge in [0.2, 0.25) is 0 Å². The molecular formula is C23H26ClNO4S. The van der Waals surface area contributed by atoms with Crippen molar-refractivity contribution in [1.82, 2.24) is 0 Å². The first-order valence-corrected chi connectivity index (χ1v) is 11.7. The van der Waals surface area contributed by atoms with E-state index < -0.39 is 10.0 Å². The lowest BCUT2D eigenvalue weighted by Gasteiger charge is -2.11. The van der Waals surface area contributed by atoms with E-state index in [4.69, 9.17) is 11.6 Å². The highest BCUT2D eigenvalue weighted by atomic mass is 35.5. The van der Waals surface area contributed by atoms with E-state index in [9.17, 15) is 13.2 Å². The molecule has 5 nitrogen and oxygen atoms in total. The number of rotatable bonds is 9. The fraction of sp³-hybridized carbons (Fsp3) is 0.348. The molecule has 0 saturated carbocycles. The van der Waals surface area contributed by atoms with Crippen LogP contribution < -0.4 is 4.72 Å². The van der Waals surface area contributed by atoms with Gasteiger partial charge in [-0.2, -0.15) is 0 Å². The monoisotopic (exact) mass is 447 g/mol. The van der Waals surface area contributed by atoms with Gasteiger partial charge in [0.05, 0.1) is 29.7 Å². The molecule has 0 aromatic heterocycles. The van der Waals surface area contributed by atoms with Crippen LogP contribution in [0.5, 0.6) is 0 Å². The Bertz CT molecular complexity index is 1020. The fourth-order valence-electron chi connectivity index (χ4n) is 2.75. The molecule has 0 fully saturated rings. The summed E-state index contributed by atoms with van der Waals surface area (Å²) in [5.41, 5.74) is 1.88. The minimum Gasteiger partial charge on any atom is -0.469 e. The molecule has 0 aliphatic rings. The van der Waals surface area contributed by atoms with E-state index in [-0.39, 0.29) is 17.3 Å². The van der Waals surface area contributed by atoms with Gasteiger partial charge in [0, 0.05) is 11.4 Å². The number of ether oxygens (including phenoxy) is 1. The Labute approximate surface area is 183 Å². The lowest BCUT2D eigenvalue weighted by Crippen LogP contribution is -2.14. The number of nitrogens with one attached hydrogen (secondary N) is 1. The topological polar surface area (TPSA) is 72.5 Å². The summed E-state index contributed by atoms with van der Waals surface area (Å²) in [6.45, 7) is 2.15. The third kappa shape index (κ3) is 7.40. The summed E-state index contributed by atoms with van der Waals surface area (Å²) in [6, 6.07) is 11.7. The third-order valence-electron chi connectivity index (χ3n) is 4.43. The zero-order valence-electron chi connectivity index (χ0n) is 17.2. The van der Waals surface area contributed by atoms with E-state index in [1.54, 1.807) is 30.3 Å². The van der Waals surface area contributed by atoms with Crippen molar-refractivity contribution in [3.8, 4) is 11.8 Å². The number of hydrogen-bond donors (Lipinski definition) is 1. The van der Waals surface area contributed by atoms with Gasteiger partial charge in [-0.25, -0.2) is 8.42 Å². The summed E-state index contributed by atoms with van der Waals surface area (Å²) in [7, 11) is -2.46. The van der Waals surface area contributed by atoms with Gasteiger partial charge in [-0.1, -0.05) is 55.3 Å². The molecule has 0 aliphatic carbocycles. The van der Waals surface area contributed by atoms with Gasteiger partial charge in [-0.3, -0.25) is 9.52 Å². The van der Waals surface area contributed by atoms with Crippen LogP contribution in [0.25, 0.3) is 0 Å². The largest absolute Gasteiger partial charge is 0.469 e. The van der Waals surface area contributed by atoms with Crippen LogP contribution >= 0.6 is 11.6 Å². The highest BCUT2D eigenvalue weighted by molar-refractivity contribution is 7.92. The summed E-state index contributed by atoms with van der Waals surface area (Å²) in [6.07, 6.45) is 4.78. The molecule has 160 valence electrons. The molecule has 0 unspecified atom stereocenters. The summed E-state index contributed by atoms with van der Waals surface area (Å²) in [5.74, 6) is 5.37. The van der Waals surface area contributed by atoms with Crippen molar-refractivity contribution in [3.05, 3.63) is 58.6 Å². The number of unbranched alkanes of at least 4 members (excludes halogenated alkanes) is 2. The van der Waals surface area contributed by atoms with Crippen LogP contribution in [0.15, 0.2) is 47.4 Å². The lowest BCUT2D eigenvalue weighted by molar-refractivity contribution is -0.140. The van der Waals surface area contributed by atoms with Crippen molar-refractivity contribution in [2.45, 2.75) is 50.3 Å². The summed E-state index contributed by atoms with van der Waals surface area (Å²) < 4.78 is 32.8. The second kappa shape index (κ2) is 11.6. The molecule has 1 N–H and O–H groups in total. The zero-order chi connectivity index (χ0) is 22.0. The molecule has 2 aromatic rings. The number of benzene rings is 2. The third-order valence-corrected chi connectivity index (χ3v) is 6.05. The average molecular weight is 448 g/mol. The Morgan fingerprint density at radius 2 is 1.87 bits per heavy atom. The molecule has 2 aromatic carbocycles. The van der Waals surface area contributed by atoms with E-state index in [1.807, 2.05) is 12.1 Å². The molecular weight excluding hydrogens is 422 g/mol. The van der Waals surface area contributed by atoms with E-state index in [0.29, 0.717) is 22.7 Å². The van der Waals surface area contributed by atoms with Gasteiger partial charge in [0.25, 0.3) is 10.0 Å². The van der Waals surface area contributed by atoms with E-state index in [0.717, 1.165) is 31.2 Å². The maximum Gasteiger partial charge on any atom is 0.306 e. The number of carbonyl (C=O) groups excluding carboxylic acids is 1. The Morgan fingerprint density at radius 1 is 1.13 bits per heavy atom. The summed E-state index contributed by atoms with van der Waals surface area (Å²) in [4.78, 5) is 11.4. The van der Waals surface area contributed by atoms with Gasteiger partial charge in [0.1, 0.15) is 0 Å². The molecule has 7 heteroatoms. The Hall–Kier alpha value is -2.49. The fourth-order valence-corrected chi connectivity index (χ4v) is 4.00. The van der Waals surface area contributed by atoms with Crippen LogP contribution in [0, 0.1) is 11.8 Å². The Kier molecular flexibility index (Phi) is 9.22. The molecule has 0 aliphatic heterocycles. The second-order valence-electron chi connectivity index (χ2n) is 6.77. The summed E-state index contributed by atoms with van der Waals surface area (Å²) >= 11 is 6.04. The van der Waals surface area contributed by atoms with Gasteiger partial charge in [0.15, 0.2) is 0 Å². The number of carbonyl (C=O) groups is 1. The average Bonchev–Trinajstić information content (AvgIpc) is 2.73. The molecule has 0 bridgehead atoms. The number of halogens is 1. The van der Waals surface area contributed by atoms with Gasteiger partial charge >= 0.3 is 5.97 Å². The highest BCUT2D eigenvalue weighted by Crippen LogP contribution is 2.23. The smallest absolute Gasteiger partial charge is 0.306 e. The van der Waals surface area contributed by atoms with Gasteiger partial charge < -0.3 is 4.74 Å². The number of esters is 1. The van der Waals surface area contributed by atoms with Crippen LogP contribution in [0.2, 0.25) is 5.02 Å². The maximum absolute atomic E-state index is 12.8. The predicted molar refractivity (Wildman–Crippen MR) is 120 cm³/mol. The van der Waals surface area contributed by atoms with E-state index in [2.05, 4.69) is 28.2 Å². The molecule has 0 radical (unpaired) electrons. The van der Waals surface area contributed by atoms with Crippen LogP contribution in [-0.4, -0.2) is 21.5 Å². The SMILES string of the molecule is CCCCCc1ccc(S(=O)(=O)Nc2ccc(Cl)cc2C#CCCC(=O)OC)cc1. The number of methoxy groups -OCH3 is 1. The van der Waals surface area contributed by atoms with E-state index in [1.165, 1.54) is 7.11 Å². The number of hydrogen-bond acceptors (Lipinski definition) is 4. The van der Waals surface area contributed by atoms with Crippen LogP contribution in [0.1, 0.15) is 50.2 Å². The van der Waals surface area contributed by atoms with Crippen molar-refractivity contribution in [2.75, 3.05) is 11.8 Å². The standard InChI is InChI=1S/C23H26ClNO4S/c1-3-4-5-8-18-11-14-21(15-12-18)30(27,28)25-22-16-13-20(24)17-19(22)9-6-7-10-23(26)29-2/h11-17,25H,3-5,7-8,10H2,1-2H3. The Morgan fingerprint density at radius 3 is 2.53 bits per heavy atom. The minimum absolute atomic E-state index is 0.162. The normalized spacial score (nSPS) is 10.8. The van der Waals surface area contributed by atoms with Gasteiger partial charge in [-0.15, -0.1) is 0 Å². The number of aryl methyl sites for hydroxylation is 1. The molecule has 30 heavy (non-hydrogen) atoms. The zero-order valence-corrected chi connectivity index (χ0v) is 18.8. The molecule has 2 rings (SSSR count). The Balaban J connectivity index is 2.16. The van der Waals surface area contributed by atoms with Crippen molar-refractivity contribution in [1.29, 1.82) is 0 Å². The maximum atomic E-state index is 12.8. The summed E-state index contributed by atoms with van der Waals surface area (Å²) in [5, 5.41) is 0.437. The molecule has 0 spiro atoms. The lowest BCUT2D eigenvalue weighted by atomic mass is 10.1. The number of anilines is 1. The molecule has 0 heterocycles. The van der Waals surface area contributed by atoms with Crippen LogP contribution in [0.4, 0.5) is 5.69 Å². The van der Waals surface area contributed by atoms with Crippen LogP contribution in [-0.2, 0) is 26.0 Å². The predicted octanol–water partition coefficient (Wildman–Crippen LogP) is 5.18. The van der Waals surface area contributed by atoms with Gasteiger partial charge in [-0.05, 0) is 48.7 Å². The quantitative estimate of drug-likeness (QED) is 0.326. The second-order valence-corrected chi connectivity index (χ2v) is 8.89. The first-order valence-electron chi connectivity index (χ1n) is 9.82. The van der Waals surface area contributed by atoms with Crippen molar-refractivity contribution in [3.63, 3.8) is 0 Å². The van der Waals surface area contributed by atoms with Crippen LogP contribution in [0.3, 0.4) is 0 Å². The first-order chi connectivity index (χ1) is 14.4.